The molecule has 9 nitrogen and oxygen atoms in total. The number of H-pyrrole nitrogens is 1. The van der Waals surface area contributed by atoms with Gasteiger partial charge in [-0.3, -0.25) is 14.2 Å². The van der Waals surface area contributed by atoms with Crippen molar-refractivity contribution in [2.75, 3.05) is 14.2 Å². The van der Waals surface area contributed by atoms with Crippen LogP contribution in [0.3, 0.4) is 0 Å². The summed E-state index contributed by atoms with van der Waals surface area (Å²) in [5.74, 6) is 1.22. The highest BCUT2D eigenvalue weighted by Crippen LogP contribution is 2.29. The van der Waals surface area contributed by atoms with Gasteiger partial charge in [-0.15, -0.1) is 0 Å². The van der Waals surface area contributed by atoms with Crippen LogP contribution in [0.1, 0.15) is 5.82 Å². The van der Waals surface area contributed by atoms with Crippen LogP contribution >= 0.6 is 0 Å². The normalized spacial score (nSPS) is 11.0. The Bertz CT molecular complexity index is 1230. The third-order valence-corrected chi connectivity index (χ3v) is 4.53. The number of methoxy groups -OCH3 is 2. The highest BCUT2D eigenvalue weighted by atomic mass is 16.5. The monoisotopic (exact) mass is 393 g/mol. The zero-order valence-corrected chi connectivity index (χ0v) is 15.9. The third kappa shape index (κ3) is 3.62. The minimum absolute atomic E-state index is 0.156. The Labute approximate surface area is 165 Å². The number of imidazole rings is 1. The highest BCUT2D eigenvalue weighted by Gasteiger charge is 2.13. The van der Waals surface area contributed by atoms with E-state index in [1.807, 2.05) is 24.3 Å². The minimum atomic E-state index is -0.338. The van der Waals surface area contributed by atoms with Crippen LogP contribution < -0.4 is 20.3 Å². The van der Waals surface area contributed by atoms with Crippen molar-refractivity contribution in [2.45, 2.75) is 13.1 Å². The maximum absolute atomic E-state index is 12.8. The molecule has 9 heteroatoms. The SMILES string of the molecule is COc1cc2ncn(CC(=O)NCc3nc4ccccc4[nH]3)c(=O)c2cc1OC. The van der Waals surface area contributed by atoms with Gasteiger partial charge in [0.15, 0.2) is 11.5 Å². The predicted molar refractivity (Wildman–Crippen MR) is 107 cm³/mol. The van der Waals surface area contributed by atoms with Gasteiger partial charge < -0.3 is 19.8 Å². The lowest BCUT2D eigenvalue weighted by Crippen LogP contribution is -2.32. The van der Waals surface area contributed by atoms with Crippen LogP contribution in [0.2, 0.25) is 0 Å². The number of ether oxygens (including phenoxy) is 2. The van der Waals surface area contributed by atoms with E-state index in [1.165, 1.54) is 25.1 Å². The van der Waals surface area contributed by atoms with Crippen LogP contribution in [0.4, 0.5) is 0 Å². The number of benzene rings is 2. The van der Waals surface area contributed by atoms with Crippen LogP contribution in [0.25, 0.3) is 21.9 Å². The summed E-state index contributed by atoms with van der Waals surface area (Å²) < 4.78 is 11.7. The van der Waals surface area contributed by atoms with Crippen LogP contribution in [-0.4, -0.2) is 39.6 Å². The molecule has 0 aliphatic heterocycles. The first-order valence-electron chi connectivity index (χ1n) is 8.90. The molecule has 2 aromatic carbocycles. The van der Waals surface area contributed by atoms with E-state index in [-0.39, 0.29) is 24.6 Å². The van der Waals surface area contributed by atoms with Crippen molar-refractivity contribution in [1.82, 2.24) is 24.8 Å². The molecular weight excluding hydrogens is 374 g/mol. The maximum Gasteiger partial charge on any atom is 0.261 e. The van der Waals surface area contributed by atoms with E-state index in [2.05, 4.69) is 20.3 Å². The van der Waals surface area contributed by atoms with Crippen molar-refractivity contribution in [3.05, 3.63) is 58.9 Å². The maximum atomic E-state index is 12.8. The number of para-hydroxylation sites is 2. The molecule has 4 rings (SSSR count). The molecule has 0 radical (unpaired) electrons. The molecule has 0 saturated carbocycles. The predicted octanol–water partition coefficient (Wildman–Crippen LogP) is 1.61. The Kier molecular flexibility index (Phi) is 4.86. The number of amides is 1. The lowest BCUT2D eigenvalue weighted by atomic mass is 10.2. The van der Waals surface area contributed by atoms with Gasteiger partial charge in [0.1, 0.15) is 12.4 Å². The van der Waals surface area contributed by atoms with Gasteiger partial charge in [0.25, 0.3) is 5.56 Å². The molecule has 0 aliphatic rings. The molecule has 29 heavy (non-hydrogen) atoms. The lowest BCUT2D eigenvalue weighted by molar-refractivity contribution is -0.121. The Hall–Kier alpha value is -3.88. The van der Waals surface area contributed by atoms with Crippen LogP contribution in [-0.2, 0) is 17.9 Å². The molecule has 2 N–H and O–H groups in total. The van der Waals surface area contributed by atoms with Gasteiger partial charge in [-0.2, -0.15) is 0 Å². The fraction of sp³-hybridized carbons (Fsp3) is 0.200. The summed E-state index contributed by atoms with van der Waals surface area (Å²) in [7, 11) is 3.00. The summed E-state index contributed by atoms with van der Waals surface area (Å²) in [5.41, 5.74) is 1.86. The van der Waals surface area contributed by atoms with Crippen LogP contribution in [0, 0.1) is 0 Å². The average Bonchev–Trinajstić information content (AvgIpc) is 3.16. The van der Waals surface area contributed by atoms with Crippen molar-refractivity contribution in [3.8, 4) is 11.5 Å². The number of rotatable bonds is 6. The molecule has 0 aliphatic carbocycles. The minimum Gasteiger partial charge on any atom is -0.493 e. The zero-order valence-electron chi connectivity index (χ0n) is 15.9. The second-order valence-electron chi connectivity index (χ2n) is 6.38. The number of hydrogen-bond acceptors (Lipinski definition) is 6. The summed E-state index contributed by atoms with van der Waals surface area (Å²) in [4.78, 5) is 36.9. The molecular formula is C20H19N5O4. The van der Waals surface area contributed by atoms with Gasteiger partial charge in [-0.1, -0.05) is 12.1 Å². The van der Waals surface area contributed by atoms with Gasteiger partial charge in [-0.05, 0) is 18.2 Å². The Morgan fingerprint density at radius 2 is 1.90 bits per heavy atom. The fourth-order valence-corrected chi connectivity index (χ4v) is 3.08. The molecule has 0 unspecified atom stereocenters. The number of hydrogen-bond donors (Lipinski definition) is 2. The topological polar surface area (TPSA) is 111 Å². The Morgan fingerprint density at radius 3 is 2.66 bits per heavy atom. The number of aromatic nitrogens is 4. The van der Waals surface area contributed by atoms with Crippen molar-refractivity contribution in [1.29, 1.82) is 0 Å². The molecule has 0 spiro atoms. The van der Waals surface area contributed by atoms with Gasteiger partial charge in [-0.25, -0.2) is 9.97 Å². The third-order valence-electron chi connectivity index (χ3n) is 4.53. The van der Waals surface area contributed by atoms with Gasteiger partial charge in [0.05, 0.1) is 49.0 Å². The number of fused-ring (bicyclic) bond motifs is 2. The number of carbonyl (C=O) groups excluding carboxylic acids is 1. The number of carbonyl (C=O) groups is 1. The standard InChI is InChI=1S/C20H19N5O4/c1-28-16-7-12-15(8-17(16)29-2)22-11-25(20(12)27)10-19(26)21-9-18-23-13-5-3-4-6-14(13)24-18/h3-8,11H,9-10H2,1-2H3,(H,21,26)(H,23,24). The molecule has 1 amide bonds. The quantitative estimate of drug-likeness (QED) is 0.515. The fourth-order valence-electron chi connectivity index (χ4n) is 3.08. The molecule has 0 atom stereocenters. The smallest absolute Gasteiger partial charge is 0.261 e. The van der Waals surface area contributed by atoms with E-state index >= 15 is 0 Å². The Balaban J connectivity index is 1.51. The summed E-state index contributed by atoms with van der Waals surface area (Å²) in [5, 5.41) is 3.10. The van der Waals surface area contributed by atoms with Crippen molar-refractivity contribution < 1.29 is 14.3 Å². The molecule has 0 fully saturated rings. The molecule has 2 aromatic heterocycles. The molecule has 148 valence electrons. The first kappa shape index (κ1) is 18.5. The first-order valence-corrected chi connectivity index (χ1v) is 8.90. The van der Waals surface area contributed by atoms with E-state index in [1.54, 1.807) is 12.1 Å². The van der Waals surface area contributed by atoms with Crippen molar-refractivity contribution in [2.24, 2.45) is 0 Å². The Morgan fingerprint density at radius 1 is 1.14 bits per heavy atom. The van der Waals surface area contributed by atoms with E-state index in [9.17, 15) is 9.59 Å². The summed E-state index contributed by atoms with van der Waals surface area (Å²) in [6.45, 7) is 0.0740. The van der Waals surface area contributed by atoms with E-state index < -0.39 is 0 Å². The average molecular weight is 393 g/mol. The molecule has 0 bridgehead atoms. The van der Waals surface area contributed by atoms with Gasteiger partial charge in [0.2, 0.25) is 5.91 Å². The molecule has 4 aromatic rings. The van der Waals surface area contributed by atoms with E-state index in [0.717, 1.165) is 11.0 Å². The van der Waals surface area contributed by atoms with Crippen LogP contribution in [0.5, 0.6) is 11.5 Å². The summed E-state index contributed by atoms with van der Waals surface area (Å²) >= 11 is 0. The lowest BCUT2D eigenvalue weighted by Gasteiger charge is -2.10. The summed E-state index contributed by atoms with van der Waals surface area (Å²) in [6.07, 6.45) is 1.34. The second kappa shape index (κ2) is 7.63. The van der Waals surface area contributed by atoms with Gasteiger partial charge in [0, 0.05) is 6.07 Å². The molecule has 2 heterocycles. The van der Waals surface area contributed by atoms with E-state index in [4.69, 9.17) is 9.47 Å². The highest BCUT2D eigenvalue weighted by molar-refractivity contribution is 5.82. The summed E-state index contributed by atoms with van der Waals surface area (Å²) in [6, 6.07) is 10.8. The molecule has 0 saturated heterocycles. The van der Waals surface area contributed by atoms with Gasteiger partial charge >= 0.3 is 0 Å². The number of aromatic amines is 1. The van der Waals surface area contributed by atoms with Crippen LogP contribution in [0.15, 0.2) is 47.5 Å². The second-order valence-corrected chi connectivity index (χ2v) is 6.38. The first-order chi connectivity index (χ1) is 14.1. The number of nitrogens with zero attached hydrogens (tertiary/aromatic N) is 3. The largest absolute Gasteiger partial charge is 0.493 e. The zero-order chi connectivity index (χ0) is 20.4. The van der Waals surface area contributed by atoms with Crippen molar-refractivity contribution >= 4 is 27.8 Å². The van der Waals surface area contributed by atoms with E-state index in [0.29, 0.717) is 28.2 Å². The van der Waals surface area contributed by atoms with Crippen molar-refractivity contribution in [3.63, 3.8) is 0 Å². The number of nitrogens with one attached hydrogen (secondary N) is 2.